The molecule has 2 aromatic rings. The van der Waals surface area contributed by atoms with Crippen LogP contribution in [0.5, 0.6) is 5.75 Å². The molecule has 1 aromatic heterocycles. The molecule has 0 aliphatic heterocycles. The van der Waals surface area contributed by atoms with Crippen molar-refractivity contribution in [3.63, 3.8) is 0 Å². The lowest BCUT2D eigenvalue weighted by Gasteiger charge is -2.12. The Kier molecular flexibility index (Phi) is 4.02. The molecule has 0 amide bonds. The lowest BCUT2D eigenvalue weighted by Crippen LogP contribution is -2.16. The summed E-state index contributed by atoms with van der Waals surface area (Å²) < 4.78 is 11.9. The zero-order valence-corrected chi connectivity index (χ0v) is 11.3. The Morgan fingerprint density at radius 1 is 1.21 bits per heavy atom. The van der Waals surface area contributed by atoms with Crippen LogP contribution in [-0.4, -0.2) is 18.5 Å². The zero-order valence-electron chi connectivity index (χ0n) is 11.3. The maximum absolute atomic E-state index is 11.7. The maximum atomic E-state index is 11.7. The predicted octanol–water partition coefficient (Wildman–Crippen LogP) is 2.34. The highest BCUT2D eigenvalue weighted by Crippen LogP contribution is 2.25. The van der Waals surface area contributed by atoms with Crippen LogP contribution in [0, 0.1) is 6.92 Å². The fourth-order valence-corrected chi connectivity index (χ4v) is 1.97. The summed E-state index contributed by atoms with van der Waals surface area (Å²) in [5, 5.41) is 0. The highest BCUT2D eigenvalue weighted by atomic mass is 16.7. The molecule has 4 heteroatoms. The number of rotatable bonds is 4. The van der Waals surface area contributed by atoms with Crippen molar-refractivity contribution in [2.45, 2.75) is 6.92 Å². The van der Waals surface area contributed by atoms with Crippen LogP contribution in [0.15, 0.2) is 41.2 Å². The number of nitrogens with zero attached hydrogens (tertiary/aromatic N) is 1. The Hall–Kier alpha value is -2.07. The molecule has 0 radical (unpaired) electrons. The molecule has 0 saturated heterocycles. The second-order valence-electron chi connectivity index (χ2n) is 4.34. The number of hydrogen-bond donors (Lipinski definition) is 0. The summed E-state index contributed by atoms with van der Waals surface area (Å²) >= 11 is 0. The van der Waals surface area contributed by atoms with E-state index in [0.717, 1.165) is 22.6 Å². The van der Waals surface area contributed by atoms with Crippen LogP contribution in [-0.2, 0) is 11.8 Å². The summed E-state index contributed by atoms with van der Waals surface area (Å²) in [6.45, 7) is 2.22. The highest BCUT2D eigenvalue weighted by Gasteiger charge is 2.07. The number of aromatic nitrogens is 1. The van der Waals surface area contributed by atoms with Gasteiger partial charge in [-0.3, -0.25) is 4.79 Å². The SMILES string of the molecule is COCOc1ccc(-c2cccc(=O)n2C)c(C)c1. The van der Waals surface area contributed by atoms with E-state index in [0.29, 0.717) is 0 Å². The van der Waals surface area contributed by atoms with Crippen molar-refractivity contribution in [3.8, 4) is 17.0 Å². The van der Waals surface area contributed by atoms with Gasteiger partial charge in [0.1, 0.15) is 5.75 Å². The molecule has 4 nitrogen and oxygen atoms in total. The van der Waals surface area contributed by atoms with Gasteiger partial charge in [-0.25, -0.2) is 0 Å². The van der Waals surface area contributed by atoms with Crippen molar-refractivity contribution >= 4 is 0 Å². The molecule has 0 bridgehead atoms. The van der Waals surface area contributed by atoms with Crippen molar-refractivity contribution in [2.24, 2.45) is 7.05 Å². The summed E-state index contributed by atoms with van der Waals surface area (Å²) in [7, 11) is 3.35. The lowest BCUT2D eigenvalue weighted by molar-refractivity contribution is 0.0511. The molecule has 0 spiro atoms. The predicted molar refractivity (Wildman–Crippen MR) is 74.4 cm³/mol. The van der Waals surface area contributed by atoms with Gasteiger partial charge in [-0.1, -0.05) is 6.07 Å². The monoisotopic (exact) mass is 259 g/mol. The molecule has 19 heavy (non-hydrogen) atoms. The van der Waals surface area contributed by atoms with Gasteiger partial charge in [0, 0.05) is 25.8 Å². The molecule has 0 saturated carbocycles. The van der Waals surface area contributed by atoms with Crippen molar-refractivity contribution in [2.75, 3.05) is 13.9 Å². The number of methoxy groups -OCH3 is 1. The molecule has 0 aliphatic rings. The molecule has 0 atom stereocenters. The number of hydrogen-bond acceptors (Lipinski definition) is 3. The first kappa shape index (κ1) is 13.4. The van der Waals surface area contributed by atoms with E-state index in [2.05, 4.69) is 0 Å². The quantitative estimate of drug-likeness (QED) is 0.791. The van der Waals surface area contributed by atoms with E-state index in [1.807, 2.05) is 31.2 Å². The lowest BCUT2D eigenvalue weighted by atomic mass is 10.0. The average Bonchev–Trinajstić information content (AvgIpc) is 2.40. The molecular formula is C15H17NO3. The third kappa shape index (κ3) is 2.85. The second kappa shape index (κ2) is 5.71. The first-order valence-electron chi connectivity index (χ1n) is 6.02. The van der Waals surface area contributed by atoms with Crippen LogP contribution >= 0.6 is 0 Å². The Bertz CT molecular complexity index is 632. The first-order valence-corrected chi connectivity index (χ1v) is 6.02. The van der Waals surface area contributed by atoms with Crippen LogP contribution in [0.2, 0.25) is 0 Å². The number of benzene rings is 1. The molecular weight excluding hydrogens is 242 g/mol. The minimum absolute atomic E-state index is 0.0170. The van der Waals surface area contributed by atoms with E-state index in [4.69, 9.17) is 9.47 Å². The maximum Gasteiger partial charge on any atom is 0.250 e. The minimum Gasteiger partial charge on any atom is -0.468 e. The summed E-state index contributed by atoms with van der Waals surface area (Å²) in [4.78, 5) is 11.7. The highest BCUT2D eigenvalue weighted by molar-refractivity contribution is 5.65. The third-order valence-electron chi connectivity index (χ3n) is 3.00. The van der Waals surface area contributed by atoms with Crippen molar-refractivity contribution in [1.82, 2.24) is 4.57 Å². The normalized spacial score (nSPS) is 10.5. The van der Waals surface area contributed by atoms with Crippen LogP contribution < -0.4 is 10.3 Å². The minimum atomic E-state index is -0.0170. The smallest absolute Gasteiger partial charge is 0.250 e. The molecule has 0 N–H and O–H groups in total. The third-order valence-corrected chi connectivity index (χ3v) is 3.00. The Labute approximate surface area is 112 Å². The molecule has 2 rings (SSSR count). The van der Waals surface area contributed by atoms with Crippen LogP contribution in [0.3, 0.4) is 0 Å². The molecule has 0 aliphatic carbocycles. The number of aryl methyl sites for hydroxylation is 1. The number of ether oxygens (including phenoxy) is 2. The molecule has 100 valence electrons. The van der Waals surface area contributed by atoms with Gasteiger partial charge < -0.3 is 14.0 Å². The van der Waals surface area contributed by atoms with Gasteiger partial charge in [-0.05, 0) is 36.8 Å². The van der Waals surface area contributed by atoms with E-state index in [1.54, 1.807) is 30.9 Å². The zero-order chi connectivity index (χ0) is 13.8. The van der Waals surface area contributed by atoms with Crippen molar-refractivity contribution < 1.29 is 9.47 Å². The molecule has 0 unspecified atom stereocenters. The Balaban J connectivity index is 2.41. The van der Waals surface area contributed by atoms with Gasteiger partial charge >= 0.3 is 0 Å². The summed E-state index contributed by atoms with van der Waals surface area (Å²) in [6.07, 6.45) is 0. The van der Waals surface area contributed by atoms with E-state index in [1.165, 1.54) is 0 Å². The van der Waals surface area contributed by atoms with Gasteiger partial charge in [0.05, 0.1) is 5.69 Å². The summed E-state index contributed by atoms with van der Waals surface area (Å²) in [5.41, 5.74) is 2.94. The van der Waals surface area contributed by atoms with Gasteiger partial charge in [-0.2, -0.15) is 0 Å². The van der Waals surface area contributed by atoms with E-state index in [-0.39, 0.29) is 12.4 Å². The average molecular weight is 259 g/mol. The topological polar surface area (TPSA) is 40.5 Å². The number of pyridine rings is 1. The van der Waals surface area contributed by atoms with E-state index in [9.17, 15) is 4.79 Å². The molecule has 1 heterocycles. The fraction of sp³-hybridized carbons (Fsp3) is 0.267. The van der Waals surface area contributed by atoms with Crippen molar-refractivity contribution in [3.05, 3.63) is 52.3 Å². The van der Waals surface area contributed by atoms with Crippen molar-refractivity contribution in [1.29, 1.82) is 0 Å². The Morgan fingerprint density at radius 3 is 2.68 bits per heavy atom. The van der Waals surface area contributed by atoms with Crippen LogP contribution in [0.25, 0.3) is 11.3 Å². The Morgan fingerprint density at radius 2 is 2.00 bits per heavy atom. The van der Waals surface area contributed by atoms with Gasteiger partial charge in [0.15, 0.2) is 6.79 Å². The molecule has 1 aromatic carbocycles. The fourth-order valence-electron chi connectivity index (χ4n) is 1.97. The van der Waals surface area contributed by atoms with Gasteiger partial charge in [0.25, 0.3) is 5.56 Å². The van der Waals surface area contributed by atoms with Gasteiger partial charge in [-0.15, -0.1) is 0 Å². The van der Waals surface area contributed by atoms with E-state index < -0.39 is 0 Å². The summed E-state index contributed by atoms with van der Waals surface area (Å²) in [6, 6.07) is 11.0. The largest absolute Gasteiger partial charge is 0.468 e. The van der Waals surface area contributed by atoms with E-state index >= 15 is 0 Å². The standard InChI is InChI=1S/C15H17NO3/c1-11-9-12(19-10-18-3)7-8-13(11)14-5-4-6-15(17)16(14)2/h4-9H,10H2,1-3H3. The van der Waals surface area contributed by atoms with Gasteiger partial charge in [0.2, 0.25) is 0 Å². The van der Waals surface area contributed by atoms with Crippen LogP contribution in [0.1, 0.15) is 5.56 Å². The second-order valence-corrected chi connectivity index (χ2v) is 4.34. The first-order chi connectivity index (χ1) is 9.13. The van der Waals surface area contributed by atoms with Crippen LogP contribution in [0.4, 0.5) is 0 Å². The summed E-state index contributed by atoms with van der Waals surface area (Å²) in [5.74, 6) is 0.754. The molecule has 0 fully saturated rings.